The van der Waals surface area contributed by atoms with Gasteiger partial charge in [-0.25, -0.2) is 4.89 Å². The van der Waals surface area contributed by atoms with Crippen LogP contribution in [0, 0.1) is 0 Å². The van der Waals surface area contributed by atoms with Crippen LogP contribution in [0.2, 0.25) is 72.5 Å². The molecule has 0 aliphatic heterocycles. The zero-order valence-corrected chi connectivity index (χ0v) is 50.4. The van der Waals surface area contributed by atoms with Crippen LogP contribution in [0.15, 0.2) is 29.3 Å². The number of benzene rings is 1. The van der Waals surface area contributed by atoms with Crippen LogP contribution >= 0.6 is 0 Å². The van der Waals surface area contributed by atoms with E-state index >= 15 is 0 Å². The first kappa shape index (κ1) is 64.3. The molecule has 1 rings (SSSR count). The van der Waals surface area contributed by atoms with Crippen molar-refractivity contribution < 1.29 is 55.9 Å². The topological polar surface area (TPSA) is 123 Å². The van der Waals surface area contributed by atoms with Crippen molar-refractivity contribution in [3.05, 3.63) is 35.4 Å². The fraction of sp³-hybridized carbons (Fsp3) is 0.860. The summed E-state index contributed by atoms with van der Waals surface area (Å²) in [5, 5.41) is 0.508. The third kappa shape index (κ3) is 27.1. The molecule has 0 aliphatic rings. The summed E-state index contributed by atoms with van der Waals surface area (Å²) in [6.07, 6.45) is 1.35. The molecule has 17 heteroatoms. The highest BCUT2D eigenvalue weighted by Gasteiger charge is 2.40. The summed E-state index contributed by atoms with van der Waals surface area (Å²) in [7, 11) is -7.55. The molecule has 67 heavy (non-hydrogen) atoms. The second-order valence-corrected chi connectivity index (χ2v) is 42.7. The normalized spacial score (nSPS) is 14.5. The molecule has 0 aromatic heterocycles. The maximum absolute atomic E-state index is 6.29. The standard InChI is InChI=1S/C50H101NO12Si4/c1-47(2,3)64(13,14)60-34-29-54-39-45(40-55-30-35-61-65(15,16)48(4,5)6)57-33-28-53-38-44-23-21-43(22-24-44)37-51-25-26-52-27-32-58-46(42-59-63-67(19,20)50(10,11)12)41-56-31-36-62-66(17,18)49(7,8)9/h21-24,37,45-46H,25-36,38-42H2,1-20H3. The number of nitrogens with zero attached hydrogens (tertiary/aromatic N) is 1. The Morgan fingerprint density at radius 3 is 1.21 bits per heavy atom. The van der Waals surface area contributed by atoms with Gasteiger partial charge in [-0.3, -0.25) is 9.57 Å². The van der Waals surface area contributed by atoms with Crippen LogP contribution in [0.5, 0.6) is 0 Å². The SMILES string of the molecule is CC(C)(C)[Si](C)(C)OCCOCC(COCCO[Si](C)(C)C(C)(C)C)OCCOCc1ccc(C=NCCOCCOC(COCCO[Si](C)(C)C(C)(C)C)COO[Si](C)(C)C(C)(C)C)cc1. The molecule has 0 spiro atoms. The highest BCUT2D eigenvalue weighted by atomic mass is 28.4. The zero-order valence-electron chi connectivity index (χ0n) is 46.4. The van der Waals surface area contributed by atoms with E-state index in [1.165, 1.54) is 0 Å². The fourth-order valence-electron chi connectivity index (χ4n) is 4.86. The van der Waals surface area contributed by atoms with Crippen molar-refractivity contribution in [2.45, 2.75) is 174 Å². The Balaban J connectivity index is 2.49. The van der Waals surface area contributed by atoms with E-state index in [0.29, 0.717) is 106 Å². The van der Waals surface area contributed by atoms with Crippen LogP contribution in [0.1, 0.15) is 94.2 Å². The smallest absolute Gasteiger partial charge is 0.238 e. The number of aliphatic imine (C=N–C) groups is 1. The second-order valence-electron chi connectivity index (χ2n) is 23.6. The second kappa shape index (κ2) is 30.3. The van der Waals surface area contributed by atoms with Crippen molar-refractivity contribution >= 4 is 39.5 Å². The van der Waals surface area contributed by atoms with Gasteiger partial charge >= 0.3 is 0 Å². The first-order chi connectivity index (χ1) is 30.8. The summed E-state index contributed by atoms with van der Waals surface area (Å²) in [6, 6.07) is 8.20. The van der Waals surface area contributed by atoms with Crippen LogP contribution in [-0.2, 0) is 62.5 Å². The molecule has 394 valence electrons. The molecule has 13 nitrogen and oxygen atoms in total. The van der Waals surface area contributed by atoms with Crippen molar-refractivity contribution in [2.24, 2.45) is 4.99 Å². The maximum Gasteiger partial charge on any atom is 0.238 e. The van der Waals surface area contributed by atoms with E-state index in [4.69, 9.17) is 55.9 Å². The van der Waals surface area contributed by atoms with Crippen LogP contribution < -0.4 is 0 Å². The van der Waals surface area contributed by atoms with Gasteiger partial charge < -0.3 is 46.4 Å². The first-order valence-electron chi connectivity index (χ1n) is 24.7. The molecule has 0 radical (unpaired) electrons. The van der Waals surface area contributed by atoms with Crippen molar-refractivity contribution in [1.82, 2.24) is 0 Å². The lowest BCUT2D eigenvalue weighted by Gasteiger charge is -2.36. The molecular formula is C50H101NO12Si4. The molecule has 0 heterocycles. The Bertz CT molecular complexity index is 1430. The van der Waals surface area contributed by atoms with Gasteiger partial charge in [-0.15, -0.1) is 0 Å². The van der Waals surface area contributed by atoms with Gasteiger partial charge in [0.05, 0.1) is 106 Å². The van der Waals surface area contributed by atoms with Crippen LogP contribution in [0.3, 0.4) is 0 Å². The molecule has 0 saturated heterocycles. The highest BCUT2D eigenvalue weighted by Crippen LogP contribution is 2.39. The quantitative estimate of drug-likeness (QED) is 0.0209. The molecule has 0 saturated carbocycles. The molecule has 1 unspecified atom stereocenters. The number of hydrogen-bond acceptors (Lipinski definition) is 13. The van der Waals surface area contributed by atoms with E-state index in [2.05, 4.69) is 153 Å². The minimum Gasteiger partial charge on any atom is -0.414 e. The van der Waals surface area contributed by atoms with Gasteiger partial charge in [0.15, 0.2) is 25.0 Å². The van der Waals surface area contributed by atoms with Crippen molar-refractivity contribution in [3.63, 3.8) is 0 Å². The summed E-state index contributed by atoms with van der Waals surface area (Å²) in [5.74, 6) is 0. The molecule has 1 aromatic rings. The summed E-state index contributed by atoms with van der Waals surface area (Å²) < 4.78 is 66.9. The Morgan fingerprint density at radius 1 is 0.433 bits per heavy atom. The van der Waals surface area contributed by atoms with Gasteiger partial charge in [0.1, 0.15) is 18.8 Å². The van der Waals surface area contributed by atoms with Gasteiger partial charge in [0.25, 0.3) is 0 Å². The average molecular weight is 1020 g/mol. The number of hydrogen-bond donors (Lipinski definition) is 0. The van der Waals surface area contributed by atoms with E-state index < -0.39 is 33.3 Å². The summed E-state index contributed by atoms with van der Waals surface area (Å²) in [5.41, 5.74) is 2.09. The minimum atomic E-state index is -2.07. The first-order valence-corrected chi connectivity index (χ1v) is 36.4. The van der Waals surface area contributed by atoms with Gasteiger partial charge in [0.2, 0.25) is 8.32 Å². The van der Waals surface area contributed by atoms with Crippen LogP contribution in [0.25, 0.3) is 0 Å². The van der Waals surface area contributed by atoms with Gasteiger partial charge in [-0.1, -0.05) is 107 Å². The van der Waals surface area contributed by atoms with Gasteiger partial charge in [-0.05, 0) is 83.7 Å². The monoisotopic (exact) mass is 1020 g/mol. The Labute approximate surface area is 414 Å². The van der Waals surface area contributed by atoms with Crippen molar-refractivity contribution in [3.8, 4) is 0 Å². The van der Waals surface area contributed by atoms with Crippen LogP contribution in [-0.4, -0.2) is 157 Å². The van der Waals surface area contributed by atoms with Crippen LogP contribution in [0.4, 0.5) is 0 Å². The zero-order chi connectivity index (χ0) is 51.1. The molecule has 0 bridgehead atoms. The van der Waals surface area contributed by atoms with E-state index in [9.17, 15) is 0 Å². The van der Waals surface area contributed by atoms with Crippen molar-refractivity contribution in [1.29, 1.82) is 0 Å². The highest BCUT2D eigenvalue weighted by molar-refractivity contribution is 6.75. The minimum absolute atomic E-state index is 0.0361. The number of ether oxygens (including phenoxy) is 7. The molecule has 1 atom stereocenters. The Hall–Kier alpha value is -0.722. The van der Waals surface area contributed by atoms with E-state index in [-0.39, 0.29) is 39.0 Å². The lowest BCUT2D eigenvalue weighted by molar-refractivity contribution is -0.245. The Morgan fingerprint density at radius 2 is 0.806 bits per heavy atom. The fourth-order valence-corrected chi connectivity index (χ4v) is 8.55. The van der Waals surface area contributed by atoms with E-state index in [1.54, 1.807) is 0 Å². The largest absolute Gasteiger partial charge is 0.414 e. The van der Waals surface area contributed by atoms with Crippen molar-refractivity contribution in [2.75, 3.05) is 106 Å². The summed E-state index contributed by atoms with van der Waals surface area (Å²) >= 11 is 0. The predicted molar refractivity (Wildman–Crippen MR) is 285 cm³/mol. The molecule has 0 amide bonds. The predicted octanol–water partition coefficient (Wildman–Crippen LogP) is 11.5. The maximum atomic E-state index is 6.29. The van der Waals surface area contributed by atoms with Gasteiger partial charge in [-0.2, -0.15) is 0 Å². The molecule has 0 N–H and O–H groups in total. The molecular weight excluding hydrogens is 919 g/mol. The van der Waals surface area contributed by atoms with E-state index in [1.807, 2.05) is 18.3 Å². The van der Waals surface area contributed by atoms with E-state index in [0.717, 1.165) is 11.1 Å². The number of rotatable bonds is 36. The lowest BCUT2D eigenvalue weighted by atomic mass is 10.1. The summed E-state index contributed by atoms with van der Waals surface area (Å²) in [6.45, 7) is 52.5. The lowest BCUT2D eigenvalue weighted by Crippen LogP contribution is -2.42. The molecule has 0 fully saturated rings. The molecule has 1 aromatic carbocycles. The third-order valence-electron chi connectivity index (χ3n) is 13.7. The third-order valence-corrected chi connectivity index (χ3v) is 31.5. The Kier molecular flexibility index (Phi) is 29.1. The average Bonchev–Trinajstić information content (AvgIpc) is 3.19. The molecule has 0 aliphatic carbocycles. The summed E-state index contributed by atoms with van der Waals surface area (Å²) in [4.78, 5) is 10.3. The van der Waals surface area contributed by atoms with Gasteiger partial charge in [0, 0.05) is 6.21 Å².